The predicted octanol–water partition coefficient (Wildman–Crippen LogP) is 2.46. The molecule has 8 nitrogen and oxygen atoms in total. The van der Waals surface area contributed by atoms with Crippen LogP contribution in [0.25, 0.3) is 0 Å². The highest BCUT2D eigenvalue weighted by Crippen LogP contribution is 2.25. The summed E-state index contributed by atoms with van der Waals surface area (Å²) in [4.78, 5) is 23.9. The number of carbonyl (C=O) groups excluding carboxylic acids is 2. The summed E-state index contributed by atoms with van der Waals surface area (Å²) in [5, 5.41) is 15.9. The zero-order valence-electron chi connectivity index (χ0n) is 16.5. The number of methoxy groups -OCH3 is 1. The fourth-order valence-electron chi connectivity index (χ4n) is 2.29. The summed E-state index contributed by atoms with van der Waals surface area (Å²) in [7, 11) is 1.44. The standard InChI is InChI=1S/C21H25N3O5/c1-3-4-11-29-17-8-6-16(7-9-17)21(27)22-14-20(26)24-23-13-15-5-10-18(25)19(12-15)28-2/h5-10,12-13,25H,3-4,11,14H2,1-2H3,(H,22,27)(H,24,26). The molecule has 0 radical (unpaired) electrons. The molecule has 0 unspecified atom stereocenters. The Morgan fingerprint density at radius 1 is 1.17 bits per heavy atom. The number of nitrogens with one attached hydrogen (secondary N) is 2. The highest BCUT2D eigenvalue weighted by molar-refractivity contribution is 5.96. The van der Waals surface area contributed by atoms with Crippen molar-refractivity contribution in [2.75, 3.05) is 20.3 Å². The molecule has 2 rings (SSSR count). The summed E-state index contributed by atoms with van der Waals surface area (Å²) < 4.78 is 10.5. The second kappa shape index (κ2) is 11.3. The topological polar surface area (TPSA) is 109 Å². The van der Waals surface area contributed by atoms with E-state index in [1.54, 1.807) is 36.4 Å². The van der Waals surface area contributed by atoms with Crippen LogP contribution < -0.4 is 20.2 Å². The first-order valence-electron chi connectivity index (χ1n) is 9.23. The highest BCUT2D eigenvalue weighted by atomic mass is 16.5. The van der Waals surface area contributed by atoms with Crippen molar-refractivity contribution in [1.82, 2.24) is 10.7 Å². The zero-order chi connectivity index (χ0) is 21.1. The van der Waals surface area contributed by atoms with Crippen molar-refractivity contribution in [2.45, 2.75) is 19.8 Å². The first kappa shape index (κ1) is 21.7. The van der Waals surface area contributed by atoms with E-state index < -0.39 is 5.91 Å². The van der Waals surface area contributed by atoms with Crippen LogP contribution in [0.15, 0.2) is 47.6 Å². The minimum Gasteiger partial charge on any atom is -0.504 e. The van der Waals surface area contributed by atoms with Gasteiger partial charge in [0.15, 0.2) is 11.5 Å². The van der Waals surface area contributed by atoms with Gasteiger partial charge in [0.25, 0.3) is 11.8 Å². The molecule has 2 aromatic rings. The Bertz CT molecular complexity index is 850. The van der Waals surface area contributed by atoms with Crippen LogP contribution in [0.5, 0.6) is 17.2 Å². The minimum absolute atomic E-state index is 0.0111. The van der Waals surface area contributed by atoms with Crippen molar-refractivity contribution in [3.63, 3.8) is 0 Å². The van der Waals surface area contributed by atoms with Gasteiger partial charge >= 0.3 is 0 Å². The third-order valence-corrected chi connectivity index (χ3v) is 3.90. The Labute approximate surface area is 169 Å². The fraction of sp³-hybridized carbons (Fsp3) is 0.286. The normalized spacial score (nSPS) is 10.6. The Kier molecular flexibility index (Phi) is 8.50. The molecule has 154 valence electrons. The molecule has 29 heavy (non-hydrogen) atoms. The molecule has 0 spiro atoms. The van der Waals surface area contributed by atoms with Crippen LogP contribution in [0.1, 0.15) is 35.7 Å². The van der Waals surface area contributed by atoms with Crippen LogP contribution >= 0.6 is 0 Å². The number of phenolic OH excluding ortho intramolecular Hbond substituents is 1. The summed E-state index contributed by atoms with van der Waals surface area (Å²) in [6, 6.07) is 11.4. The van der Waals surface area contributed by atoms with Gasteiger partial charge in [-0.25, -0.2) is 5.43 Å². The predicted molar refractivity (Wildman–Crippen MR) is 110 cm³/mol. The smallest absolute Gasteiger partial charge is 0.259 e. The van der Waals surface area contributed by atoms with E-state index >= 15 is 0 Å². The summed E-state index contributed by atoms with van der Waals surface area (Å²) in [6.07, 6.45) is 3.43. The van der Waals surface area contributed by atoms with E-state index in [1.165, 1.54) is 19.4 Å². The van der Waals surface area contributed by atoms with Gasteiger partial charge in [-0.3, -0.25) is 9.59 Å². The van der Waals surface area contributed by atoms with Gasteiger partial charge in [-0.15, -0.1) is 0 Å². The van der Waals surface area contributed by atoms with Crippen LogP contribution in [-0.2, 0) is 4.79 Å². The van der Waals surface area contributed by atoms with E-state index in [0.29, 0.717) is 29.2 Å². The lowest BCUT2D eigenvalue weighted by Gasteiger charge is -2.07. The van der Waals surface area contributed by atoms with Crippen LogP contribution in [0.4, 0.5) is 0 Å². The van der Waals surface area contributed by atoms with Crippen LogP contribution in [-0.4, -0.2) is 43.4 Å². The molecule has 2 amide bonds. The first-order chi connectivity index (χ1) is 14.0. The van der Waals surface area contributed by atoms with Crippen molar-refractivity contribution < 1.29 is 24.2 Å². The number of hydrogen-bond donors (Lipinski definition) is 3. The van der Waals surface area contributed by atoms with Gasteiger partial charge in [-0.1, -0.05) is 13.3 Å². The number of rotatable bonds is 10. The molecule has 0 atom stereocenters. The first-order valence-corrected chi connectivity index (χ1v) is 9.23. The number of carbonyl (C=O) groups is 2. The molecule has 0 heterocycles. The lowest BCUT2D eigenvalue weighted by molar-refractivity contribution is -0.120. The lowest BCUT2D eigenvalue weighted by atomic mass is 10.2. The maximum absolute atomic E-state index is 12.1. The molecule has 0 aliphatic heterocycles. The van der Waals surface area contributed by atoms with Crippen molar-refractivity contribution in [1.29, 1.82) is 0 Å². The van der Waals surface area contributed by atoms with Crippen molar-refractivity contribution in [3.8, 4) is 17.2 Å². The van der Waals surface area contributed by atoms with Crippen LogP contribution in [0.3, 0.4) is 0 Å². The number of unbranched alkanes of at least 4 members (excludes halogenated alkanes) is 1. The van der Waals surface area contributed by atoms with E-state index in [9.17, 15) is 14.7 Å². The Morgan fingerprint density at radius 3 is 2.62 bits per heavy atom. The minimum atomic E-state index is -0.472. The maximum atomic E-state index is 12.1. The van der Waals surface area contributed by atoms with Gasteiger partial charge in [-0.05, 0) is 54.4 Å². The highest BCUT2D eigenvalue weighted by Gasteiger charge is 2.08. The van der Waals surface area contributed by atoms with E-state index in [4.69, 9.17) is 9.47 Å². The third kappa shape index (κ3) is 7.17. The number of amides is 2. The second-order valence-electron chi connectivity index (χ2n) is 6.13. The Balaban J connectivity index is 1.77. The maximum Gasteiger partial charge on any atom is 0.259 e. The van der Waals surface area contributed by atoms with Crippen molar-refractivity contribution >= 4 is 18.0 Å². The average molecular weight is 399 g/mol. The van der Waals surface area contributed by atoms with Gasteiger partial charge in [0.05, 0.1) is 26.5 Å². The number of aromatic hydroxyl groups is 1. The van der Waals surface area contributed by atoms with Gasteiger partial charge < -0.3 is 19.9 Å². The van der Waals surface area contributed by atoms with E-state index in [1.807, 2.05) is 0 Å². The summed E-state index contributed by atoms with van der Waals surface area (Å²) in [5.74, 6) is 0.173. The molecule has 8 heteroatoms. The van der Waals surface area contributed by atoms with Gasteiger partial charge in [-0.2, -0.15) is 5.10 Å². The molecular formula is C21H25N3O5. The number of ether oxygens (including phenoxy) is 2. The quantitative estimate of drug-likeness (QED) is 0.323. The SMILES string of the molecule is CCCCOc1ccc(C(=O)NCC(=O)NN=Cc2ccc(O)c(OC)c2)cc1. The lowest BCUT2D eigenvalue weighted by Crippen LogP contribution is -2.34. The molecule has 0 saturated heterocycles. The van der Waals surface area contributed by atoms with Crippen LogP contribution in [0.2, 0.25) is 0 Å². The molecule has 0 saturated carbocycles. The Morgan fingerprint density at radius 2 is 1.93 bits per heavy atom. The second-order valence-corrected chi connectivity index (χ2v) is 6.13. The zero-order valence-corrected chi connectivity index (χ0v) is 16.5. The third-order valence-electron chi connectivity index (χ3n) is 3.90. The van der Waals surface area contributed by atoms with Crippen LogP contribution in [0, 0.1) is 0 Å². The number of phenols is 1. The molecule has 0 aliphatic rings. The molecule has 0 fully saturated rings. The number of nitrogens with zero attached hydrogens (tertiary/aromatic N) is 1. The molecule has 0 bridgehead atoms. The van der Waals surface area contributed by atoms with E-state index in [0.717, 1.165) is 12.8 Å². The van der Waals surface area contributed by atoms with E-state index in [2.05, 4.69) is 22.8 Å². The number of hydrazone groups is 1. The van der Waals surface area contributed by atoms with Gasteiger partial charge in [0.2, 0.25) is 0 Å². The molecule has 0 aromatic heterocycles. The number of benzene rings is 2. The summed E-state index contributed by atoms with van der Waals surface area (Å²) in [5.41, 5.74) is 3.38. The van der Waals surface area contributed by atoms with Gasteiger partial charge in [0.1, 0.15) is 5.75 Å². The molecule has 2 aromatic carbocycles. The largest absolute Gasteiger partial charge is 0.504 e. The van der Waals surface area contributed by atoms with Crippen molar-refractivity contribution in [2.24, 2.45) is 5.10 Å². The Hall–Kier alpha value is -3.55. The average Bonchev–Trinajstić information content (AvgIpc) is 2.74. The monoisotopic (exact) mass is 399 g/mol. The summed E-state index contributed by atoms with van der Waals surface area (Å²) in [6.45, 7) is 2.51. The molecule has 3 N–H and O–H groups in total. The van der Waals surface area contributed by atoms with Crippen molar-refractivity contribution in [3.05, 3.63) is 53.6 Å². The molecular weight excluding hydrogens is 374 g/mol. The summed E-state index contributed by atoms with van der Waals surface area (Å²) >= 11 is 0. The fourth-order valence-corrected chi connectivity index (χ4v) is 2.29. The molecule has 0 aliphatic carbocycles. The number of hydrogen-bond acceptors (Lipinski definition) is 6. The van der Waals surface area contributed by atoms with Gasteiger partial charge in [0, 0.05) is 5.56 Å². The van der Waals surface area contributed by atoms with E-state index in [-0.39, 0.29) is 18.2 Å².